The third-order valence-electron chi connectivity index (χ3n) is 5.89. The van der Waals surface area contributed by atoms with E-state index < -0.39 is 23.7 Å². The second-order valence-corrected chi connectivity index (χ2v) is 10.9. The molecule has 0 unspecified atom stereocenters. The van der Waals surface area contributed by atoms with E-state index in [1.54, 1.807) is 18.2 Å². The lowest BCUT2D eigenvalue weighted by Gasteiger charge is -2.31. The number of carbonyl (C=O) groups is 3. The lowest BCUT2D eigenvalue weighted by atomic mass is 9.78. The number of hydrogen-bond donors (Lipinski definition) is 2. The molecule has 3 rings (SSSR count). The van der Waals surface area contributed by atoms with Crippen LogP contribution in [0.3, 0.4) is 0 Å². The van der Waals surface area contributed by atoms with E-state index in [0.29, 0.717) is 15.8 Å². The van der Waals surface area contributed by atoms with Gasteiger partial charge in [-0.2, -0.15) is 5.26 Å². The fraction of sp³-hybridized carbons (Fsp3) is 0.308. The first kappa shape index (κ1) is 28.8. The number of anilines is 1. The molecule has 0 fully saturated rings. The van der Waals surface area contributed by atoms with Crippen LogP contribution >= 0.6 is 43.6 Å². The zero-order valence-electron chi connectivity index (χ0n) is 20.6. The number of esters is 1. The zero-order chi connectivity index (χ0) is 27.3. The Hall–Kier alpha value is -2.81. The molecule has 2 amide bonds. The molecular weight excluding hydrogens is 626 g/mol. The Kier molecular flexibility index (Phi) is 9.81. The van der Waals surface area contributed by atoms with Gasteiger partial charge in [0.05, 0.1) is 41.1 Å². The van der Waals surface area contributed by atoms with Gasteiger partial charge in [-0.25, -0.2) is 0 Å². The van der Waals surface area contributed by atoms with Crippen LogP contribution in [0.15, 0.2) is 49.9 Å². The molecule has 1 heterocycles. The maximum Gasteiger partial charge on any atom is 0.319 e. The largest absolute Gasteiger partial charge is 0.496 e. The minimum absolute atomic E-state index is 0.0542. The molecule has 0 bridgehead atoms. The summed E-state index contributed by atoms with van der Waals surface area (Å²) in [5, 5.41) is 15.9. The Balaban J connectivity index is 1.94. The molecule has 2 atom stereocenters. The Labute approximate surface area is 236 Å². The molecule has 0 aliphatic carbocycles. The molecule has 1 aliphatic heterocycles. The number of halogens is 2. The van der Waals surface area contributed by atoms with Crippen molar-refractivity contribution < 1.29 is 23.9 Å². The number of nitrogens with zero attached hydrogens (tertiary/aromatic N) is 1. The summed E-state index contributed by atoms with van der Waals surface area (Å²) >= 11 is 7.93. The number of carbonyl (C=O) groups excluding carboxylic acids is 3. The Morgan fingerprint density at radius 3 is 2.54 bits per heavy atom. The molecular formula is C26H25Br2N3O5S. The maximum atomic E-state index is 13.0. The van der Waals surface area contributed by atoms with E-state index in [1.165, 1.54) is 14.2 Å². The summed E-state index contributed by atoms with van der Waals surface area (Å²) in [5.41, 5.74) is 3.36. The number of ether oxygens (including phenoxy) is 2. The number of methoxy groups -OCH3 is 2. The second kappa shape index (κ2) is 12.6. The first-order chi connectivity index (χ1) is 17.6. The van der Waals surface area contributed by atoms with Gasteiger partial charge in [-0.3, -0.25) is 14.4 Å². The maximum absolute atomic E-state index is 13.0. The van der Waals surface area contributed by atoms with Crippen molar-refractivity contribution in [3.63, 3.8) is 0 Å². The predicted molar refractivity (Wildman–Crippen MR) is 149 cm³/mol. The normalized spacial score (nSPS) is 17.1. The van der Waals surface area contributed by atoms with Crippen LogP contribution in [-0.2, 0) is 25.5 Å². The van der Waals surface area contributed by atoms with E-state index in [0.717, 1.165) is 39.5 Å². The number of hydrogen-bond acceptors (Lipinski definition) is 7. The van der Waals surface area contributed by atoms with Crippen molar-refractivity contribution >= 4 is 67.1 Å². The molecule has 2 aromatic rings. The number of allylic oxidation sites excluding steroid dienone is 1. The molecule has 0 aromatic heterocycles. The zero-order valence-corrected chi connectivity index (χ0v) is 24.6. The van der Waals surface area contributed by atoms with Crippen molar-refractivity contribution in [1.82, 2.24) is 5.32 Å². The van der Waals surface area contributed by atoms with Crippen LogP contribution in [0.25, 0.3) is 0 Å². The molecule has 194 valence electrons. The van der Waals surface area contributed by atoms with Crippen molar-refractivity contribution in [2.45, 2.75) is 26.2 Å². The number of nitrogens with one attached hydrogen (secondary N) is 2. The van der Waals surface area contributed by atoms with Gasteiger partial charge in [-0.15, -0.1) is 0 Å². The number of rotatable bonds is 8. The lowest BCUT2D eigenvalue weighted by Crippen LogP contribution is -2.44. The van der Waals surface area contributed by atoms with E-state index in [2.05, 4.69) is 48.6 Å². The summed E-state index contributed by atoms with van der Waals surface area (Å²) in [5.74, 6) is -3.33. The van der Waals surface area contributed by atoms with Gasteiger partial charge in [0.25, 0.3) is 0 Å². The summed E-state index contributed by atoms with van der Waals surface area (Å²) in [6, 6.07) is 11.1. The van der Waals surface area contributed by atoms with Gasteiger partial charge < -0.3 is 20.1 Å². The Morgan fingerprint density at radius 2 is 1.95 bits per heavy atom. The van der Waals surface area contributed by atoms with Crippen LogP contribution < -0.4 is 15.4 Å². The van der Waals surface area contributed by atoms with Crippen molar-refractivity contribution in [2.24, 2.45) is 5.92 Å². The Morgan fingerprint density at radius 1 is 1.22 bits per heavy atom. The summed E-state index contributed by atoms with van der Waals surface area (Å²) in [4.78, 5) is 38.5. The molecule has 1 aliphatic rings. The molecule has 0 saturated heterocycles. The molecule has 37 heavy (non-hydrogen) atoms. The SMILES string of the molecule is CCc1cc(Br)cc(C)c1NC(=O)CSC1=C(C#N)[C@@H](c2ccc(OC)c(Br)c2)[C@H](C(=O)OC)C(=O)N1. The fourth-order valence-corrected chi connectivity index (χ4v) is 6.17. The standard InChI is InChI=1S/C26H25Br2N3O5S/c1-5-14-9-16(27)8-13(2)23(14)30-20(32)12-37-25-17(11-29)21(22(24(33)31-25)26(34)36-4)15-6-7-19(35-3)18(28)10-15/h6-10,21-22H,5,12H2,1-4H3,(H,30,32)(H,31,33)/t21-,22+/m1/s1. The van der Waals surface area contributed by atoms with Crippen LogP contribution in [-0.4, -0.2) is 37.8 Å². The van der Waals surface area contributed by atoms with E-state index in [4.69, 9.17) is 9.47 Å². The van der Waals surface area contributed by atoms with Gasteiger partial charge in [0.15, 0.2) is 0 Å². The van der Waals surface area contributed by atoms with Gasteiger partial charge in [-0.05, 0) is 70.2 Å². The average Bonchev–Trinajstić information content (AvgIpc) is 2.87. The minimum Gasteiger partial charge on any atom is -0.496 e. The van der Waals surface area contributed by atoms with Crippen LogP contribution in [0.1, 0.15) is 29.5 Å². The lowest BCUT2D eigenvalue weighted by molar-refractivity contribution is -0.150. The van der Waals surface area contributed by atoms with Gasteiger partial charge in [0.1, 0.15) is 11.7 Å². The molecule has 0 saturated carbocycles. The van der Waals surface area contributed by atoms with Crippen LogP contribution in [0.5, 0.6) is 5.75 Å². The third kappa shape index (κ3) is 6.37. The van der Waals surface area contributed by atoms with Crippen molar-refractivity contribution in [2.75, 3.05) is 25.3 Å². The number of aryl methyl sites for hydroxylation is 2. The second-order valence-electron chi connectivity index (χ2n) is 8.16. The topological polar surface area (TPSA) is 118 Å². The van der Waals surface area contributed by atoms with Crippen LogP contribution in [0.4, 0.5) is 5.69 Å². The number of thioether (sulfide) groups is 1. The monoisotopic (exact) mass is 649 g/mol. The predicted octanol–water partition coefficient (Wildman–Crippen LogP) is 5.20. The first-order valence-corrected chi connectivity index (χ1v) is 13.8. The molecule has 11 heteroatoms. The summed E-state index contributed by atoms with van der Waals surface area (Å²) in [6.07, 6.45) is 0.733. The van der Waals surface area contributed by atoms with E-state index in [9.17, 15) is 19.6 Å². The highest BCUT2D eigenvalue weighted by Crippen LogP contribution is 2.42. The summed E-state index contributed by atoms with van der Waals surface area (Å²) in [7, 11) is 2.71. The fourth-order valence-electron chi connectivity index (χ4n) is 4.14. The van der Waals surface area contributed by atoms with E-state index >= 15 is 0 Å². The number of amides is 2. The van der Waals surface area contributed by atoms with Gasteiger partial charge in [-0.1, -0.05) is 40.7 Å². The molecule has 8 nitrogen and oxygen atoms in total. The van der Waals surface area contributed by atoms with Gasteiger partial charge >= 0.3 is 5.97 Å². The Bertz CT molecular complexity index is 1320. The molecule has 0 radical (unpaired) electrons. The van der Waals surface area contributed by atoms with Crippen LogP contribution in [0.2, 0.25) is 0 Å². The van der Waals surface area contributed by atoms with E-state index in [1.807, 2.05) is 26.0 Å². The number of benzene rings is 2. The summed E-state index contributed by atoms with van der Waals surface area (Å²) < 4.78 is 11.7. The first-order valence-electron chi connectivity index (χ1n) is 11.2. The van der Waals surface area contributed by atoms with Crippen molar-refractivity contribution in [3.8, 4) is 11.8 Å². The highest BCUT2D eigenvalue weighted by molar-refractivity contribution is 9.10. The smallest absolute Gasteiger partial charge is 0.319 e. The minimum atomic E-state index is -1.27. The van der Waals surface area contributed by atoms with Crippen molar-refractivity contribution in [3.05, 3.63) is 66.6 Å². The van der Waals surface area contributed by atoms with Crippen molar-refractivity contribution in [1.29, 1.82) is 5.26 Å². The van der Waals surface area contributed by atoms with Gasteiger partial charge in [0.2, 0.25) is 11.8 Å². The highest BCUT2D eigenvalue weighted by atomic mass is 79.9. The quantitative estimate of drug-likeness (QED) is 0.298. The molecule has 0 spiro atoms. The average molecular weight is 651 g/mol. The molecule has 2 N–H and O–H groups in total. The third-order valence-corrected chi connectivity index (χ3v) is 7.99. The highest BCUT2D eigenvalue weighted by Gasteiger charge is 2.44. The van der Waals surface area contributed by atoms with Gasteiger partial charge in [0, 0.05) is 16.1 Å². The van der Waals surface area contributed by atoms with E-state index in [-0.39, 0.29) is 22.3 Å². The molecule has 2 aromatic carbocycles. The summed E-state index contributed by atoms with van der Waals surface area (Å²) in [6.45, 7) is 3.91. The van der Waals surface area contributed by atoms with Crippen LogP contribution in [0, 0.1) is 24.2 Å². The number of nitriles is 1.